The average Bonchev–Trinajstić information content (AvgIpc) is 2.62. The zero-order valence-corrected chi connectivity index (χ0v) is 9.22. The molecule has 0 aliphatic rings. The van der Waals surface area contributed by atoms with Crippen LogP contribution < -0.4 is 5.73 Å². The Morgan fingerprint density at radius 2 is 2.00 bits per heavy atom. The highest BCUT2D eigenvalue weighted by Crippen LogP contribution is 2.12. The number of phenols is 1. The number of hydrogen-bond acceptors (Lipinski definition) is 3. The molecule has 2 aromatic rings. The first kappa shape index (κ1) is 10.7. The van der Waals surface area contributed by atoms with Crippen molar-refractivity contribution in [1.82, 2.24) is 9.78 Å². The highest BCUT2D eigenvalue weighted by Gasteiger charge is 2.03. The molecule has 0 aliphatic carbocycles. The first-order valence-electron chi connectivity index (χ1n) is 5.20. The second-order valence-corrected chi connectivity index (χ2v) is 3.81. The van der Waals surface area contributed by atoms with Gasteiger partial charge in [0.25, 0.3) is 0 Å². The van der Waals surface area contributed by atoms with Gasteiger partial charge in [-0.3, -0.25) is 4.68 Å². The summed E-state index contributed by atoms with van der Waals surface area (Å²) in [6.45, 7) is 3.16. The van der Waals surface area contributed by atoms with Crippen LogP contribution in [-0.2, 0) is 13.1 Å². The number of aromatic nitrogens is 2. The van der Waals surface area contributed by atoms with Gasteiger partial charge in [-0.25, -0.2) is 0 Å². The zero-order valence-electron chi connectivity index (χ0n) is 9.22. The lowest BCUT2D eigenvalue weighted by molar-refractivity contribution is 0.475. The molecule has 0 amide bonds. The maximum atomic E-state index is 9.17. The number of benzene rings is 1. The maximum Gasteiger partial charge on any atom is 0.115 e. The van der Waals surface area contributed by atoms with E-state index in [0.29, 0.717) is 13.1 Å². The van der Waals surface area contributed by atoms with E-state index in [4.69, 9.17) is 5.73 Å². The molecular formula is C12H15N3O. The molecule has 0 atom stereocenters. The van der Waals surface area contributed by atoms with Gasteiger partial charge in [0.05, 0.1) is 12.2 Å². The highest BCUT2D eigenvalue weighted by molar-refractivity contribution is 5.26. The number of nitrogens with zero attached hydrogens (tertiary/aromatic N) is 2. The molecule has 0 aliphatic heterocycles. The number of phenolic OH excluding ortho intramolecular Hbond substituents is 1. The van der Waals surface area contributed by atoms with Crippen LogP contribution in [0.5, 0.6) is 5.75 Å². The minimum Gasteiger partial charge on any atom is -0.508 e. The molecule has 0 radical (unpaired) electrons. The molecule has 0 bridgehead atoms. The summed E-state index contributed by atoms with van der Waals surface area (Å²) in [4.78, 5) is 0. The molecule has 1 heterocycles. The number of nitrogens with two attached hydrogens (primary N) is 1. The average molecular weight is 217 g/mol. The van der Waals surface area contributed by atoms with E-state index >= 15 is 0 Å². The third kappa shape index (κ3) is 2.23. The molecule has 16 heavy (non-hydrogen) atoms. The van der Waals surface area contributed by atoms with Gasteiger partial charge in [-0.05, 0) is 24.6 Å². The van der Waals surface area contributed by atoms with E-state index in [1.807, 2.05) is 29.9 Å². The highest BCUT2D eigenvalue weighted by atomic mass is 16.3. The van der Waals surface area contributed by atoms with Gasteiger partial charge in [-0.15, -0.1) is 0 Å². The second kappa shape index (κ2) is 4.37. The SMILES string of the molecule is Cc1nn(Cc2ccc(O)cc2)cc1CN. The molecule has 84 valence electrons. The van der Waals surface area contributed by atoms with E-state index in [1.165, 1.54) is 0 Å². The van der Waals surface area contributed by atoms with Crippen LogP contribution in [0.2, 0.25) is 0 Å². The van der Waals surface area contributed by atoms with Crippen LogP contribution in [0.3, 0.4) is 0 Å². The fourth-order valence-corrected chi connectivity index (χ4v) is 1.63. The van der Waals surface area contributed by atoms with E-state index in [-0.39, 0.29) is 5.75 Å². The van der Waals surface area contributed by atoms with Gasteiger partial charge in [0.2, 0.25) is 0 Å². The Hall–Kier alpha value is -1.81. The second-order valence-electron chi connectivity index (χ2n) is 3.81. The summed E-state index contributed by atoms with van der Waals surface area (Å²) in [6.07, 6.45) is 1.96. The fraction of sp³-hybridized carbons (Fsp3) is 0.250. The lowest BCUT2D eigenvalue weighted by Gasteiger charge is -2.01. The number of aryl methyl sites for hydroxylation is 1. The first-order valence-corrected chi connectivity index (χ1v) is 5.20. The summed E-state index contributed by atoms with van der Waals surface area (Å²) >= 11 is 0. The molecule has 0 saturated carbocycles. The van der Waals surface area contributed by atoms with Crippen molar-refractivity contribution >= 4 is 0 Å². The van der Waals surface area contributed by atoms with Crippen LogP contribution in [0.4, 0.5) is 0 Å². The van der Waals surface area contributed by atoms with Crippen molar-refractivity contribution in [2.45, 2.75) is 20.0 Å². The Balaban J connectivity index is 2.17. The number of aromatic hydroxyl groups is 1. The summed E-state index contributed by atoms with van der Waals surface area (Å²) < 4.78 is 1.86. The predicted molar refractivity (Wildman–Crippen MR) is 62.1 cm³/mol. The van der Waals surface area contributed by atoms with Crippen LogP contribution >= 0.6 is 0 Å². The van der Waals surface area contributed by atoms with Crippen molar-refractivity contribution in [2.24, 2.45) is 5.73 Å². The van der Waals surface area contributed by atoms with E-state index in [1.54, 1.807) is 12.1 Å². The molecule has 4 heteroatoms. The van der Waals surface area contributed by atoms with Crippen molar-refractivity contribution < 1.29 is 5.11 Å². The molecule has 2 rings (SSSR count). The smallest absolute Gasteiger partial charge is 0.115 e. The standard InChI is InChI=1S/C12H15N3O/c1-9-11(6-13)8-15(14-9)7-10-2-4-12(16)5-3-10/h2-5,8,16H,6-7,13H2,1H3. The van der Waals surface area contributed by atoms with Crippen molar-refractivity contribution in [2.75, 3.05) is 0 Å². The minimum atomic E-state index is 0.281. The molecule has 3 N–H and O–H groups in total. The van der Waals surface area contributed by atoms with Crippen LogP contribution in [0.1, 0.15) is 16.8 Å². The molecule has 1 aromatic heterocycles. The van der Waals surface area contributed by atoms with Crippen LogP contribution in [0, 0.1) is 6.92 Å². The summed E-state index contributed by atoms with van der Waals surface area (Å²) in [5.41, 5.74) is 8.73. The maximum absolute atomic E-state index is 9.17. The number of rotatable bonds is 3. The monoisotopic (exact) mass is 217 g/mol. The zero-order chi connectivity index (χ0) is 11.5. The van der Waals surface area contributed by atoms with E-state index in [0.717, 1.165) is 16.8 Å². The van der Waals surface area contributed by atoms with Crippen LogP contribution in [0.15, 0.2) is 30.5 Å². The normalized spacial score (nSPS) is 10.6. The minimum absolute atomic E-state index is 0.281. The summed E-state index contributed by atoms with van der Waals surface area (Å²) in [6, 6.07) is 7.12. The van der Waals surface area contributed by atoms with Gasteiger partial charge in [-0.2, -0.15) is 5.10 Å². The summed E-state index contributed by atoms with van der Waals surface area (Å²) in [5.74, 6) is 0.281. The molecule has 4 nitrogen and oxygen atoms in total. The quantitative estimate of drug-likeness (QED) is 0.817. The molecule has 0 unspecified atom stereocenters. The van der Waals surface area contributed by atoms with Gasteiger partial charge < -0.3 is 10.8 Å². The summed E-state index contributed by atoms with van der Waals surface area (Å²) in [7, 11) is 0. The molecular weight excluding hydrogens is 202 g/mol. The van der Waals surface area contributed by atoms with E-state index < -0.39 is 0 Å². The largest absolute Gasteiger partial charge is 0.508 e. The Bertz CT molecular complexity index is 474. The number of hydrogen-bond donors (Lipinski definition) is 2. The molecule has 0 saturated heterocycles. The Labute approximate surface area is 94.3 Å². The van der Waals surface area contributed by atoms with E-state index in [2.05, 4.69) is 5.10 Å². The van der Waals surface area contributed by atoms with Gasteiger partial charge in [-0.1, -0.05) is 12.1 Å². The van der Waals surface area contributed by atoms with Crippen molar-refractivity contribution in [3.05, 3.63) is 47.3 Å². The van der Waals surface area contributed by atoms with E-state index in [9.17, 15) is 5.11 Å². The molecule has 1 aromatic carbocycles. The fourth-order valence-electron chi connectivity index (χ4n) is 1.63. The lowest BCUT2D eigenvalue weighted by atomic mass is 10.2. The van der Waals surface area contributed by atoms with Crippen molar-refractivity contribution in [3.63, 3.8) is 0 Å². The molecule has 0 spiro atoms. The molecule has 0 fully saturated rings. The Kier molecular flexibility index (Phi) is 2.92. The van der Waals surface area contributed by atoms with Crippen molar-refractivity contribution in [3.8, 4) is 5.75 Å². The van der Waals surface area contributed by atoms with Crippen LogP contribution in [0.25, 0.3) is 0 Å². The Morgan fingerprint density at radius 1 is 1.31 bits per heavy atom. The van der Waals surface area contributed by atoms with Crippen LogP contribution in [-0.4, -0.2) is 14.9 Å². The third-order valence-corrected chi connectivity index (χ3v) is 2.55. The third-order valence-electron chi connectivity index (χ3n) is 2.55. The lowest BCUT2D eigenvalue weighted by Crippen LogP contribution is -2.00. The van der Waals surface area contributed by atoms with Gasteiger partial charge in [0.15, 0.2) is 0 Å². The van der Waals surface area contributed by atoms with Gasteiger partial charge >= 0.3 is 0 Å². The first-order chi connectivity index (χ1) is 7.69. The summed E-state index contributed by atoms with van der Waals surface area (Å²) in [5, 5.41) is 13.5. The Morgan fingerprint density at radius 3 is 2.56 bits per heavy atom. The predicted octanol–water partition coefficient (Wildman–Crippen LogP) is 1.40. The van der Waals surface area contributed by atoms with Gasteiger partial charge in [0, 0.05) is 18.3 Å². The topological polar surface area (TPSA) is 64.1 Å². The van der Waals surface area contributed by atoms with Gasteiger partial charge in [0.1, 0.15) is 5.75 Å². The van der Waals surface area contributed by atoms with Crippen molar-refractivity contribution in [1.29, 1.82) is 0 Å².